The first-order valence-electron chi connectivity index (χ1n) is 5.65. The third kappa shape index (κ3) is 7.06. The molecule has 80 valence electrons. The smallest absolute Gasteiger partial charge is 0.0626 e. The first-order valence-corrected chi connectivity index (χ1v) is 5.65. The molecule has 0 aromatic heterocycles. The van der Waals surface area contributed by atoms with Crippen LogP contribution in [0.25, 0.3) is 0 Å². The fourth-order valence-electron chi connectivity index (χ4n) is 1.41. The van der Waals surface area contributed by atoms with Crippen molar-refractivity contribution in [3.8, 4) is 0 Å². The van der Waals surface area contributed by atoms with Gasteiger partial charge in [-0.3, -0.25) is 0 Å². The van der Waals surface area contributed by atoms with Crippen LogP contribution in [0.5, 0.6) is 0 Å². The van der Waals surface area contributed by atoms with Crippen LogP contribution < -0.4 is 0 Å². The number of hydrogen-bond acceptors (Lipinski definition) is 1. The van der Waals surface area contributed by atoms with E-state index in [1.807, 2.05) is 0 Å². The molecular weight excluding hydrogens is 160 g/mol. The molecule has 0 fully saturated rings. The van der Waals surface area contributed by atoms with Gasteiger partial charge in [-0.15, -0.1) is 0 Å². The van der Waals surface area contributed by atoms with Gasteiger partial charge in [-0.1, -0.05) is 33.6 Å². The molecule has 0 aromatic rings. The zero-order chi connectivity index (χ0) is 10.3. The largest absolute Gasteiger partial charge is 0.376 e. The molecule has 0 aromatic carbocycles. The Morgan fingerprint density at radius 3 is 2.31 bits per heavy atom. The topological polar surface area (TPSA) is 9.23 Å². The van der Waals surface area contributed by atoms with Gasteiger partial charge in [0.15, 0.2) is 0 Å². The highest BCUT2D eigenvalue weighted by atomic mass is 16.5. The van der Waals surface area contributed by atoms with E-state index in [1.54, 1.807) is 0 Å². The second kappa shape index (κ2) is 6.42. The fraction of sp³-hybridized carbons (Fsp3) is 1.00. The van der Waals surface area contributed by atoms with Gasteiger partial charge in [0.05, 0.1) is 5.60 Å². The van der Waals surface area contributed by atoms with Crippen LogP contribution in [0.3, 0.4) is 0 Å². The van der Waals surface area contributed by atoms with E-state index >= 15 is 0 Å². The quantitative estimate of drug-likeness (QED) is 0.583. The Kier molecular flexibility index (Phi) is 6.40. The predicted molar refractivity (Wildman–Crippen MR) is 59.0 cm³/mol. The van der Waals surface area contributed by atoms with Gasteiger partial charge in [-0.25, -0.2) is 0 Å². The minimum Gasteiger partial charge on any atom is -0.376 e. The maximum absolute atomic E-state index is 5.84. The average Bonchev–Trinajstić information content (AvgIpc) is 2.03. The number of hydrogen-bond donors (Lipinski definition) is 0. The van der Waals surface area contributed by atoms with Crippen molar-refractivity contribution in [2.75, 3.05) is 6.61 Å². The molecule has 0 radical (unpaired) electrons. The minimum atomic E-state index is 0.0855. The van der Waals surface area contributed by atoms with Crippen molar-refractivity contribution in [1.82, 2.24) is 0 Å². The van der Waals surface area contributed by atoms with E-state index in [2.05, 4.69) is 34.6 Å². The molecule has 0 bridgehead atoms. The van der Waals surface area contributed by atoms with Crippen molar-refractivity contribution in [1.29, 1.82) is 0 Å². The van der Waals surface area contributed by atoms with E-state index in [-0.39, 0.29) is 5.60 Å². The molecular formula is C12H26O. The van der Waals surface area contributed by atoms with Gasteiger partial charge in [0, 0.05) is 6.61 Å². The maximum atomic E-state index is 5.84. The van der Waals surface area contributed by atoms with Gasteiger partial charge in [0.2, 0.25) is 0 Å². The molecule has 0 aliphatic heterocycles. The first-order chi connectivity index (χ1) is 6.02. The lowest BCUT2D eigenvalue weighted by Gasteiger charge is -2.25. The minimum absolute atomic E-state index is 0.0855. The summed E-state index contributed by atoms with van der Waals surface area (Å²) in [5.41, 5.74) is 0.0855. The van der Waals surface area contributed by atoms with Crippen LogP contribution in [0.1, 0.15) is 60.3 Å². The Hall–Kier alpha value is -0.0400. The SMILES string of the molecule is CCCC(C)(C)OCCC(C)CC. The summed E-state index contributed by atoms with van der Waals surface area (Å²) in [6.07, 6.45) is 4.82. The van der Waals surface area contributed by atoms with Crippen molar-refractivity contribution in [2.45, 2.75) is 65.9 Å². The summed E-state index contributed by atoms with van der Waals surface area (Å²) in [6.45, 7) is 12.0. The molecule has 0 N–H and O–H groups in total. The molecule has 1 heteroatoms. The van der Waals surface area contributed by atoms with Crippen LogP contribution in [-0.2, 0) is 4.74 Å². The Morgan fingerprint density at radius 2 is 1.85 bits per heavy atom. The van der Waals surface area contributed by atoms with Gasteiger partial charge >= 0.3 is 0 Å². The molecule has 0 amide bonds. The van der Waals surface area contributed by atoms with Crippen LogP contribution in [0.15, 0.2) is 0 Å². The third-order valence-corrected chi connectivity index (χ3v) is 2.65. The maximum Gasteiger partial charge on any atom is 0.0626 e. The molecule has 0 aliphatic carbocycles. The van der Waals surface area contributed by atoms with Gasteiger partial charge in [-0.05, 0) is 32.6 Å². The van der Waals surface area contributed by atoms with Crippen molar-refractivity contribution < 1.29 is 4.74 Å². The second-order valence-electron chi connectivity index (χ2n) is 4.66. The van der Waals surface area contributed by atoms with Crippen molar-refractivity contribution in [3.63, 3.8) is 0 Å². The Bertz CT molecular complexity index is 118. The van der Waals surface area contributed by atoms with Crippen molar-refractivity contribution in [3.05, 3.63) is 0 Å². The molecule has 0 saturated carbocycles. The van der Waals surface area contributed by atoms with Crippen LogP contribution in [0.2, 0.25) is 0 Å². The molecule has 1 nitrogen and oxygen atoms in total. The Balaban J connectivity index is 3.50. The van der Waals surface area contributed by atoms with E-state index in [0.29, 0.717) is 0 Å². The molecule has 0 saturated heterocycles. The van der Waals surface area contributed by atoms with Crippen LogP contribution in [-0.4, -0.2) is 12.2 Å². The van der Waals surface area contributed by atoms with Gasteiger partial charge in [0.1, 0.15) is 0 Å². The molecule has 0 heterocycles. The summed E-state index contributed by atoms with van der Waals surface area (Å²) >= 11 is 0. The average molecular weight is 186 g/mol. The van der Waals surface area contributed by atoms with Gasteiger partial charge in [-0.2, -0.15) is 0 Å². The lowest BCUT2D eigenvalue weighted by molar-refractivity contribution is -0.0288. The van der Waals surface area contributed by atoms with Crippen LogP contribution in [0.4, 0.5) is 0 Å². The molecule has 1 unspecified atom stereocenters. The molecule has 13 heavy (non-hydrogen) atoms. The predicted octanol–water partition coefficient (Wildman–Crippen LogP) is 4.02. The fourth-order valence-corrected chi connectivity index (χ4v) is 1.41. The summed E-state index contributed by atoms with van der Waals surface area (Å²) in [6, 6.07) is 0. The normalized spacial score (nSPS) is 14.5. The molecule has 0 spiro atoms. The standard InChI is InChI=1S/C12H26O/c1-6-9-12(4,5)13-10-8-11(3)7-2/h11H,6-10H2,1-5H3. The van der Waals surface area contributed by atoms with Crippen molar-refractivity contribution >= 4 is 0 Å². The van der Waals surface area contributed by atoms with Gasteiger partial charge < -0.3 is 4.74 Å². The third-order valence-electron chi connectivity index (χ3n) is 2.65. The number of ether oxygens (including phenoxy) is 1. The Morgan fingerprint density at radius 1 is 1.23 bits per heavy atom. The lowest BCUT2D eigenvalue weighted by atomic mass is 10.0. The number of rotatable bonds is 7. The van der Waals surface area contributed by atoms with Crippen molar-refractivity contribution in [2.24, 2.45) is 5.92 Å². The highest BCUT2D eigenvalue weighted by Gasteiger charge is 2.16. The zero-order valence-corrected chi connectivity index (χ0v) is 10.0. The molecule has 0 rings (SSSR count). The highest BCUT2D eigenvalue weighted by Crippen LogP contribution is 2.18. The van der Waals surface area contributed by atoms with Crippen LogP contribution >= 0.6 is 0 Å². The van der Waals surface area contributed by atoms with E-state index < -0.39 is 0 Å². The van der Waals surface area contributed by atoms with E-state index in [1.165, 1.54) is 19.3 Å². The summed E-state index contributed by atoms with van der Waals surface area (Å²) in [5, 5.41) is 0. The van der Waals surface area contributed by atoms with E-state index in [9.17, 15) is 0 Å². The molecule has 1 atom stereocenters. The van der Waals surface area contributed by atoms with Crippen LogP contribution in [0, 0.1) is 5.92 Å². The second-order valence-corrected chi connectivity index (χ2v) is 4.66. The summed E-state index contributed by atoms with van der Waals surface area (Å²) in [5.74, 6) is 0.803. The summed E-state index contributed by atoms with van der Waals surface area (Å²) < 4.78 is 5.84. The van der Waals surface area contributed by atoms with E-state index in [0.717, 1.165) is 18.9 Å². The summed E-state index contributed by atoms with van der Waals surface area (Å²) in [7, 11) is 0. The zero-order valence-electron chi connectivity index (χ0n) is 10.0. The first kappa shape index (κ1) is 13.0. The molecule has 0 aliphatic rings. The summed E-state index contributed by atoms with van der Waals surface area (Å²) in [4.78, 5) is 0. The van der Waals surface area contributed by atoms with E-state index in [4.69, 9.17) is 4.74 Å². The highest BCUT2D eigenvalue weighted by molar-refractivity contribution is 4.67. The lowest BCUT2D eigenvalue weighted by Crippen LogP contribution is -2.25. The Labute approximate surface area is 83.9 Å². The van der Waals surface area contributed by atoms with Gasteiger partial charge in [0.25, 0.3) is 0 Å². The monoisotopic (exact) mass is 186 g/mol.